The third kappa shape index (κ3) is 4.40. The highest BCUT2D eigenvalue weighted by atomic mass is 16.6. The summed E-state index contributed by atoms with van der Waals surface area (Å²) in [4.78, 5) is 12.3. The van der Waals surface area contributed by atoms with Gasteiger partial charge in [-0.25, -0.2) is 0 Å². The average molecular weight is 465 g/mol. The predicted molar refractivity (Wildman–Crippen MR) is 128 cm³/mol. The molecule has 0 aliphatic heterocycles. The minimum absolute atomic E-state index is 0.103. The number of esters is 1. The molecule has 0 spiro atoms. The highest BCUT2D eigenvalue weighted by molar-refractivity contribution is 5.69. The number of hydrogen-bond donors (Lipinski definition) is 3. The minimum atomic E-state index is -0.459. The van der Waals surface area contributed by atoms with Gasteiger partial charge in [-0.1, -0.05) is 20.8 Å². The van der Waals surface area contributed by atoms with Gasteiger partial charge < -0.3 is 20.1 Å². The van der Waals surface area contributed by atoms with Crippen LogP contribution in [0.1, 0.15) is 99.3 Å². The van der Waals surface area contributed by atoms with Gasteiger partial charge in [-0.3, -0.25) is 4.79 Å². The van der Waals surface area contributed by atoms with E-state index in [0.29, 0.717) is 36.0 Å². The van der Waals surface area contributed by atoms with E-state index in [1.165, 1.54) is 0 Å². The van der Waals surface area contributed by atoms with Gasteiger partial charge in [0.25, 0.3) is 0 Å². The number of carbonyl (C=O) groups excluding carboxylic acids is 1. The van der Waals surface area contributed by atoms with E-state index in [9.17, 15) is 20.1 Å². The summed E-state index contributed by atoms with van der Waals surface area (Å²) < 4.78 is 5.52. The summed E-state index contributed by atoms with van der Waals surface area (Å²) in [6.45, 7) is 12.6. The van der Waals surface area contributed by atoms with E-state index in [1.807, 2.05) is 20.8 Å². The predicted octanol–water partition coefficient (Wildman–Crippen LogP) is 4.71. The van der Waals surface area contributed by atoms with Crippen LogP contribution in [-0.4, -0.2) is 45.2 Å². The fraction of sp³-hybridized carbons (Fsp3) is 0.964. The van der Waals surface area contributed by atoms with Crippen molar-refractivity contribution in [2.75, 3.05) is 0 Å². The standard InChI is InChI=1S/C28H48O5/c1-16(7-10-24(32)33-26(2,3)4)19-8-9-20-25-21(15-23(31)28(19,20)6)27(5)12-11-18(29)13-17(27)14-22(25)30/h16-23,25,29-31H,7-15H2,1-6H3/t16?,17?,18?,19?,20?,21?,22?,23?,25?,27-,28?/m0/s1. The van der Waals surface area contributed by atoms with E-state index in [1.54, 1.807) is 0 Å². The summed E-state index contributed by atoms with van der Waals surface area (Å²) in [5.41, 5.74) is -0.571. The van der Waals surface area contributed by atoms with Crippen LogP contribution in [0.2, 0.25) is 0 Å². The van der Waals surface area contributed by atoms with Gasteiger partial charge in [-0.05, 0) is 118 Å². The normalized spacial score (nSPS) is 48.4. The number of carbonyl (C=O) groups is 1. The molecule has 5 nitrogen and oxygen atoms in total. The molecule has 190 valence electrons. The first kappa shape index (κ1) is 25.4. The molecule has 4 rings (SSSR count). The van der Waals surface area contributed by atoms with Gasteiger partial charge in [-0.2, -0.15) is 0 Å². The van der Waals surface area contributed by atoms with Crippen molar-refractivity contribution in [2.45, 2.75) is 123 Å². The maximum atomic E-state index is 12.3. The number of rotatable bonds is 4. The number of fused-ring (bicyclic) bond motifs is 5. The Morgan fingerprint density at radius 1 is 1.03 bits per heavy atom. The fourth-order valence-electron chi connectivity index (χ4n) is 9.07. The van der Waals surface area contributed by atoms with Gasteiger partial charge in [0.1, 0.15) is 5.60 Å². The Kier molecular flexibility index (Phi) is 6.77. The van der Waals surface area contributed by atoms with Gasteiger partial charge in [0.2, 0.25) is 0 Å². The van der Waals surface area contributed by atoms with Crippen molar-refractivity contribution in [1.82, 2.24) is 0 Å². The van der Waals surface area contributed by atoms with E-state index >= 15 is 0 Å². The summed E-state index contributed by atoms with van der Waals surface area (Å²) in [5, 5.41) is 33.3. The number of aliphatic hydroxyl groups is 3. The van der Waals surface area contributed by atoms with Crippen LogP contribution < -0.4 is 0 Å². The SMILES string of the molecule is CC(CCC(=O)OC(C)(C)C)C1CCC2C3C(O)CC4CC(O)CC[C@]4(C)C3CC(O)C12C. The largest absolute Gasteiger partial charge is 0.460 e. The minimum Gasteiger partial charge on any atom is -0.460 e. The third-order valence-corrected chi connectivity index (χ3v) is 10.7. The Balaban J connectivity index is 1.50. The van der Waals surface area contributed by atoms with Crippen molar-refractivity contribution < 1.29 is 24.9 Å². The van der Waals surface area contributed by atoms with Crippen LogP contribution in [0, 0.1) is 46.3 Å². The molecule has 0 aromatic rings. The topological polar surface area (TPSA) is 87.0 Å². The Bertz CT molecular complexity index is 730. The molecule has 0 bridgehead atoms. The summed E-state index contributed by atoms with van der Waals surface area (Å²) in [7, 11) is 0. The lowest BCUT2D eigenvalue weighted by molar-refractivity contribution is -0.207. The lowest BCUT2D eigenvalue weighted by atomic mass is 9.43. The van der Waals surface area contributed by atoms with Crippen LogP contribution in [0.3, 0.4) is 0 Å². The number of ether oxygens (including phenoxy) is 1. The van der Waals surface area contributed by atoms with Gasteiger partial charge in [-0.15, -0.1) is 0 Å². The zero-order valence-electron chi connectivity index (χ0n) is 21.7. The molecule has 0 aromatic carbocycles. The Labute approximate surface area is 200 Å². The highest BCUT2D eigenvalue weighted by Crippen LogP contribution is 2.68. The van der Waals surface area contributed by atoms with Crippen LogP contribution in [0.5, 0.6) is 0 Å². The third-order valence-electron chi connectivity index (χ3n) is 10.7. The first-order valence-corrected chi connectivity index (χ1v) is 13.5. The number of aliphatic hydroxyl groups excluding tert-OH is 3. The summed E-state index contributed by atoms with van der Waals surface area (Å²) in [6, 6.07) is 0. The molecule has 3 N–H and O–H groups in total. The first-order valence-electron chi connectivity index (χ1n) is 13.5. The molecule has 0 amide bonds. The zero-order chi connectivity index (χ0) is 24.3. The molecule has 4 fully saturated rings. The molecule has 4 aliphatic carbocycles. The van der Waals surface area contributed by atoms with Crippen molar-refractivity contribution in [1.29, 1.82) is 0 Å². The molecule has 11 atom stereocenters. The lowest BCUT2D eigenvalue weighted by Crippen LogP contribution is -2.62. The molecular formula is C28H48O5. The molecule has 0 aromatic heterocycles. The van der Waals surface area contributed by atoms with Crippen molar-refractivity contribution in [3.05, 3.63) is 0 Å². The van der Waals surface area contributed by atoms with Crippen molar-refractivity contribution in [2.24, 2.45) is 46.3 Å². The zero-order valence-corrected chi connectivity index (χ0v) is 21.7. The molecule has 0 heterocycles. The molecule has 10 unspecified atom stereocenters. The fourth-order valence-corrected chi connectivity index (χ4v) is 9.07. The molecule has 0 radical (unpaired) electrons. The molecule has 4 aliphatic rings. The number of hydrogen-bond acceptors (Lipinski definition) is 5. The van der Waals surface area contributed by atoms with Crippen LogP contribution in [0.25, 0.3) is 0 Å². The maximum Gasteiger partial charge on any atom is 0.306 e. The van der Waals surface area contributed by atoms with E-state index < -0.39 is 5.60 Å². The maximum absolute atomic E-state index is 12.3. The van der Waals surface area contributed by atoms with Gasteiger partial charge in [0.05, 0.1) is 18.3 Å². The second kappa shape index (κ2) is 8.78. The molecule has 0 saturated heterocycles. The second-order valence-corrected chi connectivity index (χ2v) is 13.6. The van der Waals surface area contributed by atoms with Gasteiger partial charge >= 0.3 is 5.97 Å². The van der Waals surface area contributed by atoms with Crippen molar-refractivity contribution >= 4 is 5.97 Å². The summed E-state index contributed by atoms with van der Waals surface area (Å²) >= 11 is 0. The molecular weight excluding hydrogens is 416 g/mol. The average Bonchev–Trinajstić information content (AvgIpc) is 3.06. The lowest BCUT2D eigenvalue weighted by Gasteiger charge is -2.63. The molecule has 4 saturated carbocycles. The van der Waals surface area contributed by atoms with Crippen LogP contribution in [0.4, 0.5) is 0 Å². The quantitative estimate of drug-likeness (QED) is 0.525. The summed E-state index contributed by atoms with van der Waals surface area (Å²) in [5.74, 6) is 1.76. The van der Waals surface area contributed by atoms with Gasteiger partial charge in [0.15, 0.2) is 0 Å². The van der Waals surface area contributed by atoms with E-state index in [4.69, 9.17) is 4.74 Å². The smallest absolute Gasteiger partial charge is 0.306 e. The summed E-state index contributed by atoms with van der Waals surface area (Å²) in [6.07, 6.45) is 6.52. The second-order valence-electron chi connectivity index (χ2n) is 13.6. The van der Waals surface area contributed by atoms with Crippen LogP contribution in [0.15, 0.2) is 0 Å². The monoisotopic (exact) mass is 464 g/mol. The van der Waals surface area contributed by atoms with E-state index in [0.717, 1.165) is 51.4 Å². The Morgan fingerprint density at radius 3 is 2.39 bits per heavy atom. The Hall–Kier alpha value is -0.650. The van der Waals surface area contributed by atoms with Crippen molar-refractivity contribution in [3.63, 3.8) is 0 Å². The van der Waals surface area contributed by atoms with E-state index in [-0.39, 0.29) is 41.0 Å². The highest BCUT2D eigenvalue weighted by Gasteiger charge is 2.65. The van der Waals surface area contributed by atoms with Crippen molar-refractivity contribution in [3.8, 4) is 0 Å². The van der Waals surface area contributed by atoms with E-state index in [2.05, 4.69) is 20.8 Å². The Morgan fingerprint density at radius 2 is 1.73 bits per heavy atom. The van der Waals surface area contributed by atoms with Crippen LogP contribution in [-0.2, 0) is 9.53 Å². The molecule has 33 heavy (non-hydrogen) atoms. The molecule has 5 heteroatoms. The van der Waals surface area contributed by atoms with Gasteiger partial charge in [0, 0.05) is 6.42 Å². The van der Waals surface area contributed by atoms with Crippen LogP contribution >= 0.6 is 0 Å². The first-order chi connectivity index (χ1) is 15.3.